The Hall–Kier alpha value is -2.29. The fourth-order valence-corrected chi connectivity index (χ4v) is 3.06. The zero-order chi connectivity index (χ0) is 17.6. The smallest absolute Gasteiger partial charge is 0.387 e. The zero-order valence-corrected chi connectivity index (χ0v) is 13.4. The van der Waals surface area contributed by atoms with Crippen molar-refractivity contribution < 1.29 is 23.4 Å². The topological polar surface area (TPSA) is 68.9 Å². The van der Waals surface area contributed by atoms with Crippen LogP contribution in [0.5, 0.6) is 5.75 Å². The number of halogens is 3. The predicted molar refractivity (Wildman–Crippen MR) is 83.8 cm³/mol. The van der Waals surface area contributed by atoms with Crippen LogP contribution in [-0.2, 0) is 4.74 Å². The summed E-state index contributed by atoms with van der Waals surface area (Å²) in [5, 5.41) is 14.6. The summed E-state index contributed by atoms with van der Waals surface area (Å²) in [6, 6.07) is 9.55. The van der Waals surface area contributed by atoms with E-state index in [2.05, 4.69) is 14.8 Å². The Kier molecular flexibility index (Phi) is 4.03. The number of ether oxygens (including phenoxy) is 2. The summed E-state index contributed by atoms with van der Waals surface area (Å²) >= 11 is 5.96. The van der Waals surface area contributed by atoms with E-state index >= 15 is 0 Å². The summed E-state index contributed by atoms with van der Waals surface area (Å²) in [7, 11) is 0. The Balaban J connectivity index is 1.91. The molecule has 2 atom stereocenters. The molecule has 0 saturated heterocycles. The SMILES string of the molecule is O[C@@H]1CO[C@@H](c2ccccc2OC(F)F)c2c1nc1ccc(Cl)nn21. The molecule has 9 heteroatoms. The van der Waals surface area contributed by atoms with Crippen LogP contribution in [0.1, 0.15) is 29.2 Å². The van der Waals surface area contributed by atoms with Crippen molar-refractivity contribution in [1.29, 1.82) is 0 Å². The maximum atomic E-state index is 12.7. The molecule has 0 fully saturated rings. The molecule has 3 heterocycles. The second-order valence-electron chi connectivity index (χ2n) is 5.45. The van der Waals surface area contributed by atoms with Gasteiger partial charge in [-0.25, -0.2) is 9.50 Å². The number of aliphatic hydroxyl groups is 1. The first-order valence-electron chi connectivity index (χ1n) is 7.43. The van der Waals surface area contributed by atoms with Crippen LogP contribution < -0.4 is 4.74 Å². The first-order chi connectivity index (χ1) is 12.0. The fourth-order valence-electron chi connectivity index (χ4n) is 2.92. The molecule has 0 radical (unpaired) electrons. The number of alkyl halides is 2. The second kappa shape index (κ2) is 6.21. The largest absolute Gasteiger partial charge is 0.434 e. The van der Waals surface area contributed by atoms with Crippen LogP contribution >= 0.6 is 11.6 Å². The van der Waals surface area contributed by atoms with Crippen LogP contribution in [-0.4, -0.2) is 32.9 Å². The number of hydrogen-bond acceptors (Lipinski definition) is 5. The minimum atomic E-state index is -2.97. The third kappa shape index (κ3) is 2.82. The average molecular weight is 368 g/mol. The molecule has 2 aromatic heterocycles. The third-order valence-corrected chi connectivity index (χ3v) is 4.11. The number of benzene rings is 1. The van der Waals surface area contributed by atoms with Crippen LogP contribution in [0.3, 0.4) is 0 Å². The normalized spacial score (nSPS) is 20.0. The summed E-state index contributed by atoms with van der Waals surface area (Å²) < 4.78 is 37.2. The molecular weight excluding hydrogens is 356 g/mol. The molecule has 0 amide bonds. The van der Waals surface area contributed by atoms with Crippen molar-refractivity contribution >= 4 is 17.2 Å². The van der Waals surface area contributed by atoms with Crippen LogP contribution in [0.2, 0.25) is 5.15 Å². The van der Waals surface area contributed by atoms with Crippen molar-refractivity contribution in [3.63, 3.8) is 0 Å². The van der Waals surface area contributed by atoms with Crippen LogP contribution in [0.15, 0.2) is 36.4 Å². The van der Waals surface area contributed by atoms with Gasteiger partial charge in [-0.2, -0.15) is 13.9 Å². The van der Waals surface area contributed by atoms with Gasteiger partial charge in [-0.3, -0.25) is 0 Å². The van der Waals surface area contributed by atoms with Gasteiger partial charge >= 0.3 is 6.61 Å². The number of imidazole rings is 1. The highest BCUT2D eigenvalue weighted by Crippen LogP contribution is 2.40. The minimum absolute atomic E-state index is 0.0122. The Morgan fingerprint density at radius 3 is 2.88 bits per heavy atom. The van der Waals surface area contributed by atoms with Crippen molar-refractivity contribution in [3.8, 4) is 5.75 Å². The maximum Gasteiger partial charge on any atom is 0.387 e. The van der Waals surface area contributed by atoms with Gasteiger partial charge in [0.25, 0.3) is 0 Å². The molecule has 0 saturated carbocycles. The molecule has 1 N–H and O–H groups in total. The lowest BCUT2D eigenvalue weighted by Crippen LogP contribution is -2.24. The van der Waals surface area contributed by atoms with E-state index in [1.165, 1.54) is 10.6 Å². The summed E-state index contributed by atoms with van der Waals surface area (Å²) in [6.07, 6.45) is -1.73. The van der Waals surface area contributed by atoms with Gasteiger partial charge in [0.05, 0.1) is 12.3 Å². The lowest BCUT2D eigenvalue weighted by atomic mass is 10.00. The van der Waals surface area contributed by atoms with Gasteiger partial charge in [0, 0.05) is 5.56 Å². The molecular formula is C16H12ClF2N3O3. The molecule has 0 aliphatic carbocycles. The number of aliphatic hydroxyl groups excluding tert-OH is 1. The van der Waals surface area contributed by atoms with E-state index in [4.69, 9.17) is 16.3 Å². The van der Waals surface area contributed by atoms with E-state index in [9.17, 15) is 13.9 Å². The molecule has 4 rings (SSSR count). The average Bonchev–Trinajstić information content (AvgIpc) is 2.95. The molecule has 3 aromatic rings. The number of nitrogens with zero attached hydrogens (tertiary/aromatic N) is 3. The Labute approximate surface area is 145 Å². The lowest BCUT2D eigenvalue weighted by molar-refractivity contribution is -0.0549. The van der Waals surface area contributed by atoms with Gasteiger partial charge in [0.15, 0.2) is 5.65 Å². The molecule has 25 heavy (non-hydrogen) atoms. The molecule has 1 aromatic carbocycles. The number of fused-ring (bicyclic) bond motifs is 3. The summed E-state index contributed by atoms with van der Waals surface area (Å²) in [5.41, 5.74) is 1.66. The Morgan fingerprint density at radius 1 is 1.28 bits per heavy atom. The highest BCUT2D eigenvalue weighted by Gasteiger charge is 2.35. The Morgan fingerprint density at radius 2 is 2.08 bits per heavy atom. The highest BCUT2D eigenvalue weighted by atomic mass is 35.5. The second-order valence-corrected chi connectivity index (χ2v) is 5.84. The number of aromatic nitrogens is 3. The molecule has 1 aliphatic heterocycles. The van der Waals surface area contributed by atoms with Gasteiger partial charge < -0.3 is 14.6 Å². The van der Waals surface area contributed by atoms with Crippen molar-refractivity contribution in [2.24, 2.45) is 0 Å². The molecule has 6 nitrogen and oxygen atoms in total. The summed E-state index contributed by atoms with van der Waals surface area (Å²) in [5.74, 6) is -0.0122. The van der Waals surface area contributed by atoms with E-state index in [1.807, 2.05) is 0 Å². The molecule has 0 bridgehead atoms. The predicted octanol–water partition coefficient (Wildman–Crippen LogP) is 3.14. The van der Waals surface area contributed by atoms with Gasteiger partial charge in [-0.15, -0.1) is 0 Å². The summed E-state index contributed by atoms with van der Waals surface area (Å²) in [6.45, 7) is -3.00. The van der Waals surface area contributed by atoms with Crippen LogP contribution in [0.4, 0.5) is 8.78 Å². The number of rotatable bonds is 3. The van der Waals surface area contributed by atoms with E-state index in [0.29, 0.717) is 22.6 Å². The zero-order valence-electron chi connectivity index (χ0n) is 12.6. The standard InChI is InChI=1S/C16H12ClF2N3O3/c17-11-5-6-12-20-13-9(23)7-24-15(14(13)22(12)21-11)8-3-1-2-4-10(8)25-16(18)19/h1-6,9,15-16,23H,7H2/t9-,15+/m1/s1. The maximum absolute atomic E-state index is 12.7. The van der Waals surface area contributed by atoms with Crippen LogP contribution in [0.25, 0.3) is 5.65 Å². The minimum Gasteiger partial charge on any atom is -0.434 e. The van der Waals surface area contributed by atoms with Crippen molar-refractivity contribution in [1.82, 2.24) is 14.6 Å². The number of para-hydroxylation sites is 1. The van der Waals surface area contributed by atoms with Crippen molar-refractivity contribution in [2.75, 3.05) is 6.61 Å². The van der Waals surface area contributed by atoms with E-state index in [0.717, 1.165) is 0 Å². The van der Waals surface area contributed by atoms with Gasteiger partial charge in [-0.05, 0) is 18.2 Å². The first kappa shape index (κ1) is 16.2. The highest BCUT2D eigenvalue weighted by molar-refractivity contribution is 6.29. The van der Waals surface area contributed by atoms with E-state index < -0.39 is 18.8 Å². The number of hydrogen-bond donors (Lipinski definition) is 1. The van der Waals surface area contributed by atoms with Gasteiger partial charge in [0.1, 0.15) is 28.8 Å². The molecule has 130 valence electrons. The van der Waals surface area contributed by atoms with Gasteiger partial charge in [-0.1, -0.05) is 29.8 Å². The van der Waals surface area contributed by atoms with E-state index in [-0.39, 0.29) is 17.5 Å². The Bertz CT molecular complexity index is 934. The molecule has 0 unspecified atom stereocenters. The van der Waals surface area contributed by atoms with Crippen LogP contribution in [0, 0.1) is 0 Å². The molecule has 1 aliphatic rings. The first-order valence-corrected chi connectivity index (χ1v) is 7.81. The molecule has 0 spiro atoms. The fraction of sp³-hybridized carbons (Fsp3) is 0.250. The van der Waals surface area contributed by atoms with Crippen molar-refractivity contribution in [3.05, 3.63) is 58.5 Å². The quantitative estimate of drug-likeness (QED) is 0.770. The van der Waals surface area contributed by atoms with Gasteiger partial charge in [0.2, 0.25) is 0 Å². The van der Waals surface area contributed by atoms with Crippen molar-refractivity contribution in [2.45, 2.75) is 18.8 Å². The lowest BCUT2D eigenvalue weighted by Gasteiger charge is -2.27. The monoisotopic (exact) mass is 367 g/mol. The summed E-state index contributed by atoms with van der Waals surface area (Å²) in [4.78, 5) is 4.36. The third-order valence-electron chi connectivity index (χ3n) is 3.91. The van der Waals surface area contributed by atoms with E-state index in [1.54, 1.807) is 30.3 Å².